The normalized spacial score (nSPS) is 11.8. The van der Waals surface area contributed by atoms with E-state index in [0.717, 1.165) is 23.4 Å². The zero-order chi connectivity index (χ0) is 25.1. The lowest BCUT2D eigenvalue weighted by Gasteiger charge is -2.16. The molecule has 0 fully saturated rings. The van der Waals surface area contributed by atoms with Crippen LogP contribution in [0.15, 0.2) is 54.6 Å². The van der Waals surface area contributed by atoms with Crippen LogP contribution < -0.4 is 5.32 Å². The van der Waals surface area contributed by atoms with Crippen molar-refractivity contribution in [2.45, 2.75) is 40.2 Å². The van der Waals surface area contributed by atoms with Gasteiger partial charge in [-0.25, -0.2) is 14.5 Å². The van der Waals surface area contributed by atoms with Gasteiger partial charge in [-0.2, -0.15) is 5.10 Å². The maximum atomic E-state index is 13.2. The molecule has 4 rings (SSSR count). The molecular formula is C27H28N4O3S. The Balaban J connectivity index is 1.60. The smallest absolute Gasteiger partial charge is 0.333 e. The maximum absolute atomic E-state index is 13.2. The van der Waals surface area contributed by atoms with Crippen molar-refractivity contribution in [2.75, 3.05) is 7.11 Å². The highest BCUT2D eigenvalue weighted by Gasteiger charge is 2.27. The third kappa shape index (κ3) is 5.17. The van der Waals surface area contributed by atoms with E-state index in [2.05, 4.69) is 41.5 Å². The Bertz CT molecular complexity index is 1360. The van der Waals surface area contributed by atoms with Gasteiger partial charge >= 0.3 is 5.97 Å². The van der Waals surface area contributed by atoms with Crippen LogP contribution in [0.3, 0.4) is 0 Å². The first-order chi connectivity index (χ1) is 16.8. The fourth-order valence-electron chi connectivity index (χ4n) is 3.95. The number of hydrogen-bond acceptors (Lipinski definition) is 6. The standard InChI is InChI=1S/C27H28N4O3S/c1-16-11-13-20(14-12-16)15-22-17(2)30-31(19(22)4)27-28-18(3)24(35-27)25(32)29-23(26(33)34-5)21-9-7-6-8-10-21/h6-14,23H,15H2,1-5H3,(H,29,32)/t23-/m0/s1. The van der Waals surface area contributed by atoms with Gasteiger partial charge in [0.1, 0.15) is 4.88 Å². The van der Waals surface area contributed by atoms with Crippen molar-refractivity contribution in [3.8, 4) is 5.13 Å². The van der Waals surface area contributed by atoms with Crippen LogP contribution in [0.1, 0.15) is 55.0 Å². The molecule has 1 atom stereocenters. The Kier molecular flexibility index (Phi) is 7.12. The van der Waals surface area contributed by atoms with Gasteiger partial charge < -0.3 is 10.1 Å². The number of esters is 1. The van der Waals surface area contributed by atoms with Crippen LogP contribution in [0.4, 0.5) is 0 Å². The maximum Gasteiger partial charge on any atom is 0.333 e. The van der Waals surface area contributed by atoms with E-state index in [0.29, 0.717) is 21.3 Å². The molecular weight excluding hydrogens is 460 g/mol. The summed E-state index contributed by atoms with van der Waals surface area (Å²) < 4.78 is 6.71. The lowest BCUT2D eigenvalue weighted by molar-refractivity contribution is -0.143. The number of hydrogen-bond donors (Lipinski definition) is 1. The largest absolute Gasteiger partial charge is 0.467 e. The molecule has 1 amide bonds. The molecule has 7 nitrogen and oxygen atoms in total. The van der Waals surface area contributed by atoms with Gasteiger partial charge in [0.2, 0.25) is 5.13 Å². The molecule has 35 heavy (non-hydrogen) atoms. The highest BCUT2D eigenvalue weighted by Crippen LogP contribution is 2.27. The number of benzene rings is 2. The van der Waals surface area contributed by atoms with Crippen LogP contribution in [0.5, 0.6) is 0 Å². The predicted octanol–water partition coefficient (Wildman–Crippen LogP) is 4.80. The van der Waals surface area contributed by atoms with Crippen molar-refractivity contribution in [2.24, 2.45) is 0 Å². The van der Waals surface area contributed by atoms with E-state index < -0.39 is 12.0 Å². The lowest BCUT2D eigenvalue weighted by atomic mass is 10.0. The third-order valence-corrected chi connectivity index (χ3v) is 7.09. The van der Waals surface area contributed by atoms with Gasteiger partial charge in [-0.15, -0.1) is 0 Å². The van der Waals surface area contributed by atoms with Crippen molar-refractivity contribution in [1.82, 2.24) is 20.1 Å². The average molecular weight is 489 g/mol. The van der Waals surface area contributed by atoms with E-state index in [1.54, 1.807) is 23.7 Å². The first-order valence-electron chi connectivity index (χ1n) is 11.3. The van der Waals surface area contributed by atoms with Crippen LogP contribution in [0, 0.1) is 27.7 Å². The van der Waals surface area contributed by atoms with Crippen molar-refractivity contribution in [3.63, 3.8) is 0 Å². The zero-order valence-corrected chi connectivity index (χ0v) is 21.3. The quantitative estimate of drug-likeness (QED) is 0.378. The van der Waals surface area contributed by atoms with Gasteiger partial charge in [-0.3, -0.25) is 4.79 Å². The number of aryl methyl sites for hydroxylation is 3. The van der Waals surface area contributed by atoms with Crippen molar-refractivity contribution < 1.29 is 14.3 Å². The van der Waals surface area contributed by atoms with Gasteiger partial charge in [0.25, 0.3) is 5.91 Å². The molecule has 180 valence electrons. The Morgan fingerprint density at radius 3 is 2.34 bits per heavy atom. The minimum Gasteiger partial charge on any atom is -0.467 e. The lowest BCUT2D eigenvalue weighted by Crippen LogP contribution is -2.34. The Morgan fingerprint density at radius 2 is 1.69 bits per heavy atom. The highest BCUT2D eigenvalue weighted by atomic mass is 32.1. The Labute approximate surface area is 208 Å². The van der Waals surface area contributed by atoms with E-state index in [1.807, 2.05) is 32.0 Å². The molecule has 4 aromatic rings. The fraction of sp³-hybridized carbons (Fsp3) is 0.259. The van der Waals surface area contributed by atoms with Crippen LogP contribution in [-0.4, -0.2) is 33.8 Å². The SMILES string of the molecule is COC(=O)[C@@H](NC(=O)c1sc(-n2nc(C)c(Cc3ccc(C)cc3)c2C)nc1C)c1ccccc1. The number of thiazole rings is 1. The minimum absolute atomic E-state index is 0.382. The first kappa shape index (κ1) is 24.3. The number of methoxy groups -OCH3 is 1. The third-order valence-electron chi connectivity index (χ3n) is 5.96. The Hall–Kier alpha value is -3.78. The van der Waals surface area contributed by atoms with Crippen LogP contribution in [0.2, 0.25) is 0 Å². The summed E-state index contributed by atoms with van der Waals surface area (Å²) >= 11 is 1.25. The van der Waals surface area contributed by atoms with E-state index in [9.17, 15) is 9.59 Å². The molecule has 0 aliphatic carbocycles. The summed E-state index contributed by atoms with van der Waals surface area (Å²) in [5, 5.41) is 8.13. The number of carbonyl (C=O) groups is 2. The summed E-state index contributed by atoms with van der Waals surface area (Å²) in [5.74, 6) is -0.918. The van der Waals surface area contributed by atoms with Crippen molar-refractivity contribution >= 4 is 23.2 Å². The second kappa shape index (κ2) is 10.2. The van der Waals surface area contributed by atoms with Crippen LogP contribution in [-0.2, 0) is 16.0 Å². The van der Waals surface area contributed by atoms with Crippen LogP contribution in [0.25, 0.3) is 5.13 Å². The van der Waals surface area contributed by atoms with E-state index in [1.165, 1.54) is 29.6 Å². The summed E-state index contributed by atoms with van der Waals surface area (Å²) in [6.07, 6.45) is 0.771. The van der Waals surface area contributed by atoms with Gasteiger partial charge in [0.05, 0.1) is 18.5 Å². The topological polar surface area (TPSA) is 86.1 Å². The van der Waals surface area contributed by atoms with Gasteiger partial charge in [0, 0.05) is 17.7 Å². The molecule has 8 heteroatoms. The van der Waals surface area contributed by atoms with Crippen molar-refractivity contribution in [1.29, 1.82) is 0 Å². The first-order valence-corrected chi connectivity index (χ1v) is 12.1. The summed E-state index contributed by atoms with van der Waals surface area (Å²) in [5.41, 5.74) is 6.72. The molecule has 0 saturated heterocycles. The summed E-state index contributed by atoms with van der Waals surface area (Å²) in [7, 11) is 1.30. The number of aromatic nitrogens is 3. The van der Waals surface area contributed by atoms with E-state index in [4.69, 9.17) is 9.84 Å². The van der Waals surface area contributed by atoms with Crippen LogP contribution >= 0.6 is 11.3 Å². The average Bonchev–Trinajstić information content (AvgIpc) is 3.38. The summed E-state index contributed by atoms with van der Waals surface area (Å²) in [6.45, 7) is 7.86. The summed E-state index contributed by atoms with van der Waals surface area (Å²) in [4.78, 5) is 30.6. The fourth-order valence-corrected chi connectivity index (χ4v) is 4.92. The molecule has 2 aromatic carbocycles. The summed E-state index contributed by atoms with van der Waals surface area (Å²) in [6, 6.07) is 16.6. The molecule has 0 unspecified atom stereocenters. The Morgan fingerprint density at radius 1 is 1.00 bits per heavy atom. The molecule has 2 aromatic heterocycles. The molecule has 0 saturated carbocycles. The van der Waals surface area contributed by atoms with Gasteiger partial charge in [-0.1, -0.05) is 71.5 Å². The zero-order valence-electron chi connectivity index (χ0n) is 20.5. The molecule has 0 bridgehead atoms. The second-order valence-corrected chi connectivity index (χ2v) is 9.45. The monoisotopic (exact) mass is 488 g/mol. The molecule has 1 N–H and O–H groups in total. The van der Waals surface area contributed by atoms with E-state index >= 15 is 0 Å². The number of nitrogens with one attached hydrogen (secondary N) is 1. The second-order valence-electron chi connectivity index (χ2n) is 8.47. The molecule has 0 aliphatic heterocycles. The molecule has 2 heterocycles. The number of rotatable bonds is 7. The molecule has 0 aliphatic rings. The van der Waals surface area contributed by atoms with Crippen molar-refractivity contribution in [3.05, 3.63) is 98.8 Å². The van der Waals surface area contributed by atoms with E-state index in [-0.39, 0.29) is 5.91 Å². The highest BCUT2D eigenvalue weighted by molar-refractivity contribution is 7.16. The molecule has 0 radical (unpaired) electrons. The number of amides is 1. The predicted molar refractivity (Wildman–Crippen MR) is 136 cm³/mol. The number of carbonyl (C=O) groups excluding carboxylic acids is 2. The number of nitrogens with zero attached hydrogens (tertiary/aromatic N) is 3. The van der Waals surface area contributed by atoms with Gasteiger partial charge in [-0.05, 0) is 38.8 Å². The minimum atomic E-state index is -0.909. The number of ether oxygens (including phenoxy) is 1. The molecule has 0 spiro atoms. The van der Waals surface area contributed by atoms with Gasteiger partial charge in [0.15, 0.2) is 6.04 Å².